The van der Waals surface area contributed by atoms with Crippen LogP contribution in [0.2, 0.25) is 0 Å². The molecule has 1 aromatic carbocycles. The fourth-order valence-electron chi connectivity index (χ4n) is 2.55. The summed E-state index contributed by atoms with van der Waals surface area (Å²) in [4.78, 5) is 21.8. The minimum absolute atomic E-state index is 0.0463. The molecular formula is C20H29N5OS. The van der Waals surface area contributed by atoms with Gasteiger partial charge in [-0.25, -0.2) is 4.98 Å². The molecule has 0 radical (unpaired) electrons. The molecule has 1 aromatic heterocycles. The Labute approximate surface area is 165 Å². The second kappa shape index (κ2) is 10.7. The van der Waals surface area contributed by atoms with Crippen LogP contribution in [-0.2, 0) is 17.8 Å². The maximum atomic E-state index is 11.9. The number of nitrogens with one attached hydrogen (secondary N) is 3. The molecule has 0 saturated heterocycles. The van der Waals surface area contributed by atoms with Crippen molar-refractivity contribution in [3.63, 3.8) is 0 Å². The number of anilines is 1. The molecule has 1 heterocycles. The van der Waals surface area contributed by atoms with E-state index < -0.39 is 0 Å². The van der Waals surface area contributed by atoms with Crippen LogP contribution in [0.15, 0.2) is 35.5 Å². The quantitative estimate of drug-likeness (QED) is 0.479. The van der Waals surface area contributed by atoms with Crippen molar-refractivity contribution in [1.82, 2.24) is 15.6 Å². The van der Waals surface area contributed by atoms with Gasteiger partial charge in [-0.1, -0.05) is 26.0 Å². The van der Waals surface area contributed by atoms with Gasteiger partial charge in [0.25, 0.3) is 0 Å². The number of nitrogens with zero attached hydrogens (tertiary/aromatic N) is 2. The lowest BCUT2D eigenvalue weighted by Gasteiger charge is -2.12. The summed E-state index contributed by atoms with van der Waals surface area (Å²) in [7, 11) is 1.76. The summed E-state index contributed by atoms with van der Waals surface area (Å²) in [5.41, 5.74) is 1.90. The number of carbonyl (C=O) groups excluding carboxylic acids is 1. The van der Waals surface area contributed by atoms with E-state index in [1.54, 1.807) is 18.4 Å². The minimum Gasteiger partial charge on any atom is -0.356 e. The van der Waals surface area contributed by atoms with E-state index in [0.29, 0.717) is 18.9 Å². The summed E-state index contributed by atoms with van der Waals surface area (Å²) in [6, 6.07) is 7.86. The lowest BCUT2D eigenvalue weighted by atomic mass is 10.1. The Hall–Kier alpha value is -2.41. The Morgan fingerprint density at radius 2 is 2.11 bits per heavy atom. The minimum atomic E-state index is 0.0463. The van der Waals surface area contributed by atoms with Crippen molar-refractivity contribution < 1.29 is 4.79 Å². The van der Waals surface area contributed by atoms with E-state index in [2.05, 4.69) is 32.9 Å². The maximum absolute atomic E-state index is 11.9. The topological polar surface area (TPSA) is 78.4 Å². The van der Waals surface area contributed by atoms with E-state index in [1.165, 1.54) is 4.88 Å². The molecule has 0 bridgehead atoms. The van der Waals surface area contributed by atoms with Gasteiger partial charge in [-0.05, 0) is 30.5 Å². The first-order chi connectivity index (χ1) is 13.0. The number of aromatic nitrogens is 1. The van der Waals surface area contributed by atoms with Crippen LogP contribution in [0.5, 0.6) is 0 Å². The van der Waals surface area contributed by atoms with Crippen LogP contribution in [0, 0.1) is 12.8 Å². The van der Waals surface area contributed by atoms with Gasteiger partial charge in [-0.2, -0.15) is 0 Å². The van der Waals surface area contributed by atoms with Crippen molar-refractivity contribution in [3.8, 4) is 0 Å². The van der Waals surface area contributed by atoms with Gasteiger partial charge in [-0.15, -0.1) is 11.3 Å². The van der Waals surface area contributed by atoms with Crippen LogP contribution >= 0.6 is 11.3 Å². The first-order valence-electron chi connectivity index (χ1n) is 9.21. The smallest absolute Gasteiger partial charge is 0.224 e. The zero-order valence-corrected chi connectivity index (χ0v) is 17.3. The van der Waals surface area contributed by atoms with Crippen molar-refractivity contribution in [2.75, 3.05) is 18.9 Å². The highest BCUT2D eigenvalue weighted by atomic mass is 32.1. The monoisotopic (exact) mass is 387 g/mol. The molecule has 2 aromatic rings. The van der Waals surface area contributed by atoms with Crippen molar-refractivity contribution in [2.45, 2.75) is 40.2 Å². The van der Waals surface area contributed by atoms with E-state index in [1.807, 2.05) is 44.3 Å². The van der Waals surface area contributed by atoms with Crippen LogP contribution < -0.4 is 16.0 Å². The lowest BCUT2D eigenvalue weighted by molar-refractivity contribution is -0.116. The number of aliphatic imine (C=N–C) groups is 1. The number of carbonyl (C=O) groups is 1. The van der Waals surface area contributed by atoms with Crippen LogP contribution in [0.1, 0.15) is 35.7 Å². The molecule has 146 valence electrons. The van der Waals surface area contributed by atoms with Gasteiger partial charge in [0.1, 0.15) is 0 Å². The summed E-state index contributed by atoms with van der Waals surface area (Å²) in [5, 5.41) is 10.7. The third-order valence-electron chi connectivity index (χ3n) is 3.79. The molecule has 27 heavy (non-hydrogen) atoms. The third kappa shape index (κ3) is 7.78. The van der Waals surface area contributed by atoms with E-state index in [4.69, 9.17) is 0 Å². The van der Waals surface area contributed by atoms with Gasteiger partial charge in [0.15, 0.2) is 5.96 Å². The molecule has 1 amide bonds. The number of guanidine groups is 1. The van der Waals surface area contributed by atoms with E-state index in [-0.39, 0.29) is 5.91 Å². The predicted octanol–water partition coefficient (Wildman–Crippen LogP) is 3.34. The number of amides is 1. The van der Waals surface area contributed by atoms with Gasteiger partial charge >= 0.3 is 0 Å². The normalized spacial score (nSPS) is 11.5. The number of thiazole rings is 1. The second-order valence-corrected chi connectivity index (χ2v) is 8.13. The number of rotatable bonds is 8. The van der Waals surface area contributed by atoms with Gasteiger partial charge in [0.05, 0.1) is 5.01 Å². The van der Waals surface area contributed by atoms with Crippen LogP contribution in [-0.4, -0.2) is 30.4 Å². The summed E-state index contributed by atoms with van der Waals surface area (Å²) in [6.07, 6.45) is 3.30. The number of benzene rings is 1. The van der Waals surface area contributed by atoms with Gasteiger partial charge in [-0.3, -0.25) is 9.79 Å². The van der Waals surface area contributed by atoms with Gasteiger partial charge in [0, 0.05) is 49.7 Å². The molecule has 0 atom stereocenters. The van der Waals surface area contributed by atoms with Gasteiger partial charge < -0.3 is 16.0 Å². The number of aryl methyl sites for hydroxylation is 1. The molecule has 0 aliphatic rings. The van der Waals surface area contributed by atoms with E-state index >= 15 is 0 Å². The first kappa shape index (κ1) is 20.9. The van der Waals surface area contributed by atoms with Crippen LogP contribution in [0.25, 0.3) is 0 Å². The predicted molar refractivity (Wildman–Crippen MR) is 113 cm³/mol. The highest BCUT2D eigenvalue weighted by molar-refractivity contribution is 7.11. The molecule has 0 fully saturated rings. The molecule has 0 saturated carbocycles. The first-order valence-corrected chi connectivity index (χ1v) is 10.0. The summed E-state index contributed by atoms with van der Waals surface area (Å²) < 4.78 is 0. The Morgan fingerprint density at radius 3 is 2.78 bits per heavy atom. The molecular weight excluding hydrogens is 358 g/mol. The molecule has 3 N–H and O–H groups in total. The maximum Gasteiger partial charge on any atom is 0.224 e. The Morgan fingerprint density at radius 1 is 1.30 bits per heavy atom. The number of hydrogen-bond acceptors (Lipinski definition) is 4. The molecule has 6 nitrogen and oxygen atoms in total. The largest absolute Gasteiger partial charge is 0.356 e. The second-order valence-electron chi connectivity index (χ2n) is 6.81. The molecule has 2 rings (SSSR count). The lowest BCUT2D eigenvalue weighted by Crippen LogP contribution is -2.37. The Balaban J connectivity index is 1.79. The van der Waals surface area contributed by atoms with E-state index in [0.717, 1.165) is 35.2 Å². The fraction of sp³-hybridized carbons (Fsp3) is 0.450. The molecule has 0 spiro atoms. The molecule has 0 unspecified atom stereocenters. The SMILES string of the molecule is CN=C(NCCc1ncc(C)s1)NCc1cccc(NC(=O)CC(C)C)c1. The fourth-order valence-corrected chi connectivity index (χ4v) is 3.34. The Bertz CT molecular complexity index is 769. The summed E-state index contributed by atoms with van der Waals surface area (Å²) in [6.45, 7) is 7.54. The zero-order valence-electron chi connectivity index (χ0n) is 16.5. The summed E-state index contributed by atoms with van der Waals surface area (Å²) in [5.74, 6) is 1.14. The molecule has 7 heteroatoms. The van der Waals surface area contributed by atoms with E-state index in [9.17, 15) is 4.79 Å². The van der Waals surface area contributed by atoms with Gasteiger partial charge in [0.2, 0.25) is 5.91 Å². The standard InChI is InChI=1S/C20H29N5OS/c1-14(2)10-18(26)25-17-7-5-6-16(11-17)13-24-20(21-4)22-9-8-19-23-12-15(3)27-19/h5-7,11-12,14H,8-10,13H2,1-4H3,(H,25,26)(H2,21,22,24). The van der Waals surface area contributed by atoms with Crippen molar-refractivity contribution in [3.05, 3.63) is 45.9 Å². The average Bonchev–Trinajstić information content (AvgIpc) is 3.02. The summed E-state index contributed by atoms with van der Waals surface area (Å²) >= 11 is 1.72. The Kier molecular flexibility index (Phi) is 8.26. The number of hydrogen-bond donors (Lipinski definition) is 3. The molecule has 0 aliphatic carbocycles. The zero-order chi connectivity index (χ0) is 19.6. The molecule has 0 aliphatic heterocycles. The van der Waals surface area contributed by atoms with Crippen LogP contribution in [0.4, 0.5) is 5.69 Å². The highest BCUT2D eigenvalue weighted by Crippen LogP contribution is 2.12. The average molecular weight is 388 g/mol. The van der Waals surface area contributed by atoms with Crippen molar-refractivity contribution in [1.29, 1.82) is 0 Å². The third-order valence-corrected chi connectivity index (χ3v) is 4.76. The van der Waals surface area contributed by atoms with Crippen molar-refractivity contribution in [2.24, 2.45) is 10.9 Å². The highest BCUT2D eigenvalue weighted by Gasteiger charge is 2.06. The van der Waals surface area contributed by atoms with Crippen molar-refractivity contribution >= 4 is 28.9 Å². The van der Waals surface area contributed by atoms with Crippen LogP contribution in [0.3, 0.4) is 0 Å².